The number of rotatable bonds is 4. The van der Waals surface area contributed by atoms with Crippen molar-refractivity contribution in [2.75, 3.05) is 13.2 Å². The van der Waals surface area contributed by atoms with E-state index in [2.05, 4.69) is 11.7 Å². The summed E-state index contributed by atoms with van der Waals surface area (Å²) in [6, 6.07) is 0. The van der Waals surface area contributed by atoms with Crippen molar-refractivity contribution in [3.05, 3.63) is 0 Å². The van der Waals surface area contributed by atoms with Crippen LogP contribution in [0.5, 0.6) is 0 Å². The topological polar surface area (TPSA) is 35.5 Å². The standard InChI is InChI=1S/C9H18O3/c1-5-9(3,4)7-12-8(10)11-6-2/h5-7H2,1-4H3. The molecule has 0 atom stereocenters. The number of ether oxygens (including phenoxy) is 2. The number of hydrogen-bond donors (Lipinski definition) is 0. The Morgan fingerprint density at radius 1 is 1.25 bits per heavy atom. The summed E-state index contributed by atoms with van der Waals surface area (Å²) < 4.78 is 9.50. The maximum atomic E-state index is 10.8. The van der Waals surface area contributed by atoms with Gasteiger partial charge in [-0.3, -0.25) is 0 Å². The van der Waals surface area contributed by atoms with Gasteiger partial charge in [0, 0.05) is 0 Å². The van der Waals surface area contributed by atoms with Gasteiger partial charge in [-0.05, 0) is 18.8 Å². The second-order valence-corrected chi connectivity index (χ2v) is 3.49. The predicted molar refractivity (Wildman–Crippen MR) is 47.0 cm³/mol. The minimum absolute atomic E-state index is 0.0484. The Morgan fingerprint density at radius 3 is 2.25 bits per heavy atom. The zero-order valence-electron chi connectivity index (χ0n) is 8.35. The van der Waals surface area contributed by atoms with E-state index in [1.54, 1.807) is 6.92 Å². The number of carbonyl (C=O) groups excluding carboxylic acids is 1. The molecule has 0 rings (SSSR count). The molecule has 0 saturated carbocycles. The Morgan fingerprint density at radius 2 is 1.83 bits per heavy atom. The van der Waals surface area contributed by atoms with Gasteiger partial charge in [-0.2, -0.15) is 0 Å². The smallest absolute Gasteiger partial charge is 0.435 e. The van der Waals surface area contributed by atoms with Gasteiger partial charge in [0.1, 0.15) is 0 Å². The first-order valence-corrected chi connectivity index (χ1v) is 4.31. The fraction of sp³-hybridized carbons (Fsp3) is 0.889. The largest absolute Gasteiger partial charge is 0.508 e. The molecule has 72 valence electrons. The molecule has 0 aromatic heterocycles. The summed E-state index contributed by atoms with van der Waals surface area (Å²) in [7, 11) is 0. The lowest BCUT2D eigenvalue weighted by Crippen LogP contribution is -2.21. The second kappa shape index (κ2) is 5.01. The molecule has 0 aliphatic rings. The molecule has 0 aliphatic carbocycles. The molecular weight excluding hydrogens is 156 g/mol. The number of carbonyl (C=O) groups is 1. The van der Waals surface area contributed by atoms with Gasteiger partial charge in [0.15, 0.2) is 0 Å². The van der Waals surface area contributed by atoms with Gasteiger partial charge in [0.05, 0.1) is 13.2 Å². The first-order chi connectivity index (χ1) is 5.52. The van der Waals surface area contributed by atoms with Crippen molar-refractivity contribution >= 4 is 6.16 Å². The number of hydrogen-bond acceptors (Lipinski definition) is 3. The Labute approximate surface area is 74.0 Å². The summed E-state index contributed by atoms with van der Waals surface area (Å²) in [4.78, 5) is 10.8. The molecule has 0 radical (unpaired) electrons. The van der Waals surface area contributed by atoms with Gasteiger partial charge < -0.3 is 9.47 Å². The van der Waals surface area contributed by atoms with Crippen molar-refractivity contribution in [1.82, 2.24) is 0 Å². The van der Waals surface area contributed by atoms with Crippen LogP contribution in [-0.4, -0.2) is 19.4 Å². The lowest BCUT2D eigenvalue weighted by molar-refractivity contribution is 0.0316. The van der Waals surface area contributed by atoms with Crippen LogP contribution < -0.4 is 0 Å². The Hall–Kier alpha value is -0.730. The lowest BCUT2D eigenvalue weighted by atomic mass is 9.92. The van der Waals surface area contributed by atoms with Crippen molar-refractivity contribution in [3.63, 3.8) is 0 Å². The molecule has 0 heterocycles. The van der Waals surface area contributed by atoms with Crippen molar-refractivity contribution in [3.8, 4) is 0 Å². The molecule has 0 spiro atoms. The van der Waals surface area contributed by atoms with E-state index in [0.29, 0.717) is 13.2 Å². The van der Waals surface area contributed by atoms with Crippen molar-refractivity contribution in [2.24, 2.45) is 5.41 Å². The Bertz CT molecular complexity index is 141. The van der Waals surface area contributed by atoms with Gasteiger partial charge in [0.25, 0.3) is 0 Å². The van der Waals surface area contributed by atoms with Crippen LogP contribution in [0.2, 0.25) is 0 Å². The normalized spacial score (nSPS) is 11.0. The highest BCUT2D eigenvalue weighted by Gasteiger charge is 2.17. The molecular formula is C9H18O3. The molecule has 0 aliphatic heterocycles. The SMILES string of the molecule is CCOC(=O)OCC(C)(C)CC. The first kappa shape index (κ1) is 11.3. The fourth-order valence-corrected chi connectivity index (χ4v) is 0.516. The molecule has 12 heavy (non-hydrogen) atoms. The first-order valence-electron chi connectivity index (χ1n) is 4.31. The highest BCUT2D eigenvalue weighted by atomic mass is 16.7. The third kappa shape index (κ3) is 4.99. The average Bonchev–Trinajstić information content (AvgIpc) is 2.02. The molecule has 0 aromatic rings. The zero-order valence-corrected chi connectivity index (χ0v) is 8.35. The van der Waals surface area contributed by atoms with Crippen LogP contribution in [0.25, 0.3) is 0 Å². The van der Waals surface area contributed by atoms with Crippen LogP contribution >= 0.6 is 0 Å². The molecule has 0 N–H and O–H groups in total. The van der Waals surface area contributed by atoms with E-state index in [-0.39, 0.29) is 5.41 Å². The monoisotopic (exact) mass is 174 g/mol. The van der Waals surface area contributed by atoms with Gasteiger partial charge in [-0.15, -0.1) is 0 Å². The zero-order chi connectivity index (χ0) is 9.61. The minimum atomic E-state index is -0.570. The van der Waals surface area contributed by atoms with Crippen molar-refractivity contribution in [2.45, 2.75) is 34.1 Å². The van der Waals surface area contributed by atoms with E-state index < -0.39 is 6.16 Å². The molecule has 0 amide bonds. The summed E-state index contributed by atoms with van der Waals surface area (Å²) in [5, 5.41) is 0. The summed E-state index contributed by atoms with van der Waals surface area (Å²) in [6.45, 7) is 8.70. The predicted octanol–water partition coefficient (Wildman–Crippen LogP) is 2.60. The van der Waals surface area contributed by atoms with E-state index >= 15 is 0 Å². The summed E-state index contributed by atoms with van der Waals surface area (Å²) in [5.74, 6) is 0. The quantitative estimate of drug-likeness (QED) is 0.614. The van der Waals surface area contributed by atoms with E-state index in [4.69, 9.17) is 4.74 Å². The van der Waals surface area contributed by atoms with Gasteiger partial charge in [-0.1, -0.05) is 20.8 Å². The van der Waals surface area contributed by atoms with E-state index in [1.807, 2.05) is 13.8 Å². The van der Waals surface area contributed by atoms with Crippen molar-refractivity contribution < 1.29 is 14.3 Å². The van der Waals surface area contributed by atoms with Gasteiger partial charge >= 0.3 is 6.16 Å². The van der Waals surface area contributed by atoms with E-state index in [0.717, 1.165) is 6.42 Å². The van der Waals surface area contributed by atoms with Gasteiger partial charge in [-0.25, -0.2) is 4.79 Å². The molecule has 3 heteroatoms. The van der Waals surface area contributed by atoms with E-state index in [1.165, 1.54) is 0 Å². The van der Waals surface area contributed by atoms with Gasteiger partial charge in [0.2, 0.25) is 0 Å². The maximum Gasteiger partial charge on any atom is 0.508 e. The molecule has 0 aromatic carbocycles. The molecule has 0 fully saturated rings. The summed E-state index contributed by atoms with van der Waals surface area (Å²) >= 11 is 0. The van der Waals surface area contributed by atoms with Crippen LogP contribution in [0.15, 0.2) is 0 Å². The third-order valence-corrected chi connectivity index (χ3v) is 1.80. The van der Waals surface area contributed by atoms with Crippen LogP contribution in [0.3, 0.4) is 0 Å². The maximum absolute atomic E-state index is 10.8. The molecule has 0 bridgehead atoms. The summed E-state index contributed by atoms with van der Waals surface area (Å²) in [5.41, 5.74) is 0.0484. The second-order valence-electron chi connectivity index (χ2n) is 3.49. The van der Waals surface area contributed by atoms with Crippen LogP contribution in [-0.2, 0) is 9.47 Å². The van der Waals surface area contributed by atoms with E-state index in [9.17, 15) is 4.79 Å². The Balaban J connectivity index is 3.60. The third-order valence-electron chi connectivity index (χ3n) is 1.80. The van der Waals surface area contributed by atoms with Crippen LogP contribution in [0.1, 0.15) is 34.1 Å². The molecule has 0 saturated heterocycles. The molecule has 3 nitrogen and oxygen atoms in total. The average molecular weight is 174 g/mol. The molecule has 0 unspecified atom stereocenters. The minimum Gasteiger partial charge on any atom is -0.435 e. The summed E-state index contributed by atoms with van der Waals surface area (Å²) in [6.07, 6.45) is 0.408. The van der Waals surface area contributed by atoms with Crippen LogP contribution in [0, 0.1) is 5.41 Å². The fourth-order valence-electron chi connectivity index (χ4n) is 0.516. The van der Waals surface area contributed by atoms with Crippen molar-refractivity contribution in [1.29, 1.82) is 0 Å². The highest BCUT2D eigenvalue weighted by molar-refractivity contribution is 5.59. The lowest BCUT2D eigenvalue weighted by Gasteiger charge is -2.21. The highest BCUT2D eigenvalue weighted by Crippen LogP contribution is 2.19. The van der Waals surface area contributed by atoms with Crippen LogP contribution in [0.4, 0.5) is 4.79 Å². The Kier molecular flexibility index (Phi) is 4.71.